The van der Waals surface area contributed by atoms with Crippen molar-refractivity contribution in [1.29, 1.82) is 0 Å². The van der Waals surface area contributed by atoms with E-state index in [1.54, 1.807) is 0 Å². The van der Waals surface area contributed by atoms with Crippen LogP contribution in [-0.4, -0.2) is 55.9 Å². The van der Waals surface area contributed by atoms with Crippen LogP contribution in [0.5, 0.6) is 0 Å². The number of amides is 2. The summed E-state index contributed by atoms with van der Waals surface area (Å²) in [4.78, 5) is 43.9. The Hall–Kier alpha value is -4.24. The van der Waals surface area contributed by atoms with Gasteiger partial charge in [-0.3, -0.25) is 9.59 Å². The van der Waals surface area contributed by atoms with Crippen LogP contribution in [0.3, 0.4) is 0 Å². The molecule has 0 aromatic carbocycles. The summed E-state index contributed by atoms with van der Waals surface area (Å²) < 4.78 is 27.6. The first-order chi connectivity index (χ1) is 21.0. The van der Waals surface area contributed by atoms with Gasteiger partial charge in [0, 0.05) is 34.0 Å². The molecule has 0 unspecified atom stereocenters. The third-order valence-corrected chi connectivity index (χ3v) is 9.40. The second-order valence-corrected chi connectivity index (χ2v) is 11.9. The number of fused-ring (bicyclic) bond motifs is 4. The van der Waals surface area contributed by atoms with Gasteiger partial charge in [0.15, 0.2) is 23.3 Å². The quantitative estimate of drug-likeness (QED) is 0.141. The van der Waals surface area contributed by atoms with Crippen LogP contribution in [0.25, 0.3) is 20.9 Å². The van der Waals surface area contributed by atoms with Crippen molar-refractivity contribution in [2.75, 3.05) is 10.6 Å². The van der Waals surface area contributed by atoms with Gasteiger partial charge in [-0.2, -0.15) is 9.97 Å². The lowest BCUT2D eigenvalue weighted by Crippen LogP contribution is -2.46. The Balaban J connectivity index is 0.000000175. The normalized spacial score (nSPS) is 32.5. The number of azide groups is 2. The minimum Gasteiger partial charge on any atom is -0.369 e. The Labute approximate surface area is 257 Å². The summed E-state index contributed by atoms with van der Waals surface area (Å²) >= 11 is 11.3. The summed E-state index contributed by atoms with van der Waals surface area (Å²) in [6.45, 7) is 0. The number of carbonyl (C=O) groups excluding carboxylic acids is 2. The van der Waals surface area contributed by atoms with E-state index in [1.807, 2.05) is 0 Å². The van der Waals surface area contributed by atoms with Crippen molar-refractivity contribution in [3.8, 4) is 0 Å². The molecule has 2 heterocycles. The van der Waals surface area contributed by atoms with E-state index in [9.17, 15) is 18.4 Å². The number of carbonyl (C=O) groups is 2. The van der Waals surface area contributed by atoms with Crippen molar-refractivity contribution < 1.29 is 18.4 Å². The average molecular weight is 651 g/mol. The molecule has 10 atom stereocenters. The summed E-state index contributed by atoms with van der Waals surface area (Å²) in [5.74, 6) is -3.53. The van der Waals surface area contributed by atoms with E-state index in [1.165, 1.54) is 0 Å². The maximum absolute atomic E-state index is 13.8. The van der Waals surface area contributed by atoms with Gasteiger partial charge >= 0.3 is 0 Å². The highest BCUT2D eigenvalue weighted by Crippen LogP contribution is 2.52. The van der Waals surface area contributed by atoms with Gasteiger partial charge in [-0.05, 0) is 83.6 Å². The Kier molecular flexibility index (Phi) is 9.06. The molecule has 2 amide bonds. The maximum Gasteiger partial charge on any atom is 0.224 e. The number of anilines is 2. The first kappa shape index (κ1) is 31.2. The van der Waals surface area contributed by atoms with Crippen LogP contribution in [0.15, 0.2) is 22.6 Å². The molecule has 4 saturated carbocycles. The number of rotatable bonds is 8. The van der Waals surface area contributed by atoms with Crippen molar-refractivity contribution >= 4 is 46.7 Å². The number of primary amides is 2. The lowest BCUT2D eigenvalue weighted by molar-refractivity contribution is -0.124. The number of halogens is 4. The van der Waals surface area contributed by atoms with E-state index < -0.39 is 41.3 Å². The maximum atomic E-state index is 13.8. The van der Waals surface area contributed by atoms with Crippen LogP contribution >= 0.6 is 23.2 Å². The van der Waals surface area contributed by atoms with Crippen molar-refractivity contribution in [2.45, 2.75) is 49.9 Å². The van der Waals surface area contributed by atoms with Gasteiger partial charge in [-0.1, -0.05) is 10.2 Å². The highest BCUT2D eigenvalue weighted by atomic mass is 35.5. The predicted octanol–water partition coefficient (Wildman–Crippen LogP) is 3.74. The molecule has 6 rings (SSSR count). The molecule has 2 aromatic heterocycles. The van der Waals surface area contributed by atoms with Gasteiger partial charge < -0.3 is 22.1 Å². The van der Waals surface area contributed by atoms with E-state index in [-0.39, 0.29) is 64.0 Å². The molecule has 4 aliphatic rings. The highest BCUT2D eigenvalue weighted by Gasteiger charge is 2.56. The van der Waals surface area contributed by atoms with Gasteiger partial charge in [0.05, 0.1) is 24.2 Å². The predicted molar refractivity (Wildman–Crippen MR) is 152 cm³/mol. The second-order valence-electron chi connectivity index (χ2n) is 11.2. The monoisotopic (exact) mass is 650 g/mol. The molecular formula is C24H26Cl2F2N14O2. The van der Waals surface area contributed by atoms with Gasteiger partial charge in [0.25, 0.3) is 0 Å². The van der Waals surface area contributed by atoms with Crippen LogP contribution in [-0.2, 0) is 9.59 Å². The Morgan fingerprint density at radius 3 is 1.80 bits per heavy atom. The largest absolute Gasteiger partial charge is 0.369 e. The molecule has 4 fully saturated rings. The number of nitrogens with one attached hydrogen (secondary N) is 2. The standard InChI is InChI=1S/2C12H13ClFN7O/c13-12-17-3-6(14)11(19-12)18-9-4-1-5(8(9)10(15)22)7(2-4)20-21-16;13-12-17-3-6(14)11(19-12)18-9-5-1-4(8(9)10(15)22)2-7(5)20-21-16/h2*3-5,7-9H,1-2H2,(H2,15,22)(H,17,18,19)/t4-,5+,7+,8+,9-;4-,5+,7+,8-,9+/m10/s1. The van der Waals surface area contributed by atoms with Crippen LogP contribution in [0, 0.1) is 47.1 Å². The molecule has 0 aliphatic heterocycles. The van der Waals surface area contributed by atoms with Crippen LogP contribution in [0.4, 0.5) is 20.4 Å². The molecule has 2 aromatic rings. The molecular weight excluding hydrogens is 625 g/mol. The molecule has 16 nitrogen and oxygen atoms in total. The number of aromatic nitrogens is 4. The van der Waals surface area contributed by atoms with E-state index in [2.05, 4.69) is 50.6 Å². The second kappa shape index (κ2) is 12.8. The zero-order valence-corrected chi connectivity index (χ0v) is 24.2. The van der Waals surface area contributed by atoms with Gasteiger partial charge in [0.1, 0.15) is 0 Å². The number of hydrogen-bond donors (Lipinski definition) is 4. The minimum atomic E-state index is -0.671. The average Bonchev–Trinajstić information content (AvgIpc) is 3.73. The van der Waals surface area contributed by atoms with E-state index >= 15 is 0 Å². The fourth-order valence-corrected chi connectivity index (χ4v) is 7.73. The van der Waals surface area contributed by atoms with E-state index in [0.29, 0.717) is 25.7 Å². The van der Waals surface area contributed by atoms with Crippen molar-refractivity contribution in [2.24, 2.45) is 57.2 Å². The summed E-state index contributed by atoms with van der Waals surface area (Å²) in [5, 5.41) is 13.1. The van der Waals surface area contributed by atoms with Crippen LogP contribution in [0.2, 0.25) is 10.6 Å². The fourth-order valence-electron chi connectivity index (χ4n) is 7.46. The first-order valence-corrected chi connectivity index (χ1v) is 14.3. The lowest BCUT2D eigenvalue weighted by Gasteiger charge is -2.33. The molecule has 0 spiro atoms. The molecule has 4 bridgehead atoms. The van der Waals surface area contributed by atoms with Gasteiger partial charge in [0.2, 0.25) is 22.4 Å². The summed E-state index contributed by atoms with van der Waals surface area (Å²) in [6, 6.07) is -1.27. The third kappa shape index (κ3) is 6.06. The number of nitrogens with zero attached hydrogens (tertiary/aromatic N) is 10. The molecule has 0 radical (unpaired) electrons. The SMILES string of the molecule is [N-]=[N+]=N[C@@H]1C[C@@H]2C[C@H]1[C@@H](Nc1nc(Cl)ncc1F)[C@H]2C(N)=O.[N-]=[N+]=N[C@H]1C[C@H]2C[C@@H]1[C@H](C(N)=O)[C@@H]2Nc1nc(Cl)ncc1F. The number of hydrogen-bond acceptors (Lipinski definition) is 10. The van der Waals surface area contributed by atoms with Gasteiger partial charge in [-0.25, -0.2) is 18.7 Å². The molecule has 6 N–H and O–H groups in total. The van der Waals surface area contributed by atoms with Crippen molar-refractivity contribution in [1.82, 2.24) is 19.9 Å². The molecule has 20 heteroatoms. The molecule has 232 valence electrons. The zero-order valence-electron chi connectivity index (χ0n) is 22.7. The van der Waals surface area contributed by atoms with E-state index in [0.717, 1.165) is 12.4 Å². The van der Waals surface area contributed by atoms with Crippen LogP contribution in [0.1, 0.15) is 25.7 Å². The Morgan fingerprint density at radius 1 is 0.795 bits per heavy atom. The van der Waals surface area contributed by atoms with E-state index in [4.69, 9.17) is 45.7 Å². The first-order valence-electron chi connectivity index (χ1n) is 13.6. The molecule has 0 saturated heterocycles. The minimum absolute atomic E-state index is 0.0240. The number of nitrogens with two attached hydrogens (primary N) is 2. The summed E-state index contributed by atoms with van der Waals surface area (Å²) in [5.41, 5.74) is 28.2. The fraction of sp³-hybridized carbons (Fsp3) is 0.583. The Bertz CT molecular complexity index is 1560. The lowest BCUT2D eigenvalue weighted by atomic mass is 9.81. The molecule has 4 aliphatic carbocycles. The third-order valence-electron chi connectivity index (χ3n) is 9.03. The Morgan fingerprint density at radius 2 is 1.27 bits per heavy atom. The summed E-state index contributed by atoms with van der Waals surface area (Å²) in [7, 11) is 0. The topological polar surface area (TPSA) is 259 Å². The smallest absolute Gasteiger partial charge is 0.224 e. The van der Waals surface area contributed by atoms with Crippen molar-refractivity contribution in [3.63, 3.8) is 0 Å². The molecule has 44 heavy (non-hydrogen) atoms. The van der Waals surface area contributed by atoms with Gasteiger partial charge in [-0.15, -0.1) is 0 Å². The van der Waals surface area contributed by atoms with Crippen LogP contribution < -0.4 is 22.1 Å². The highest BCUT2D eigenvalue weighted by molar-refractivity contribution is 6.28. The zero-order chi connectivity index (χ0) is 31.7. The summed E-state index contributed by atoms with van der Waals surface area (Å²) in [6.07, 6.45) is 4.58. The van der Waals surface area contributed by atoms with Crippen molar-refractivity contribution in [3.05, 3.63) is 55.5 Å².